The van der Waals surface area contributed by atoms with E-state index in [9.17, 15) is 14.4 Å². The van der Waals surface area contributed by atoms with Crippen molar-refractivity contribution in [3.63, 3.8) is 0 Å². The Balaban J connectivity index is 1.59. The lowest BCUT2D eigenvalue weighted by Crippen LogP contribution is -2.45. The van der Waals surface area contributed by atoms with E-state index in [0.29, 0.717) is 32.5 Å². The number of aryl methyl sites for hydroxylation is 1. The zero-order valence-electron chi connectivity index (χ0n) is 18.9. The monoisotopic (exact) mass is 444 g/mol. The van der Waals surface area contributed by atoms with E-state index < -0.39 is 5.41 Å². The van der Waals surface area contributed by atoms with E-state index in [2.05, 4.69) is 58.8 Å². The van der Waals surface area contributed by atoms with Crippen LogP contribution in [0.5, 0.6) is 0 Å². The standard InChI is InChI=1S/C26H28N4O3/c1-3-27-25(33)26(13-14-30(17-26)24(32)22-11-12-23(31)29-28-22)16-19-5-4-6-21(15-19)20-9-7-18(2)8-10-20/h4-12,15H,3,13-14,16-17H2,1-2H3,(H,27,33)(H,29,31)/t26-/m1/s1. The Morgan fingerprint density at radius 2 is 1.88 bits per heavy atom. The van der Waals surface area contributed by atoms with Crippen molar-refractivity contribution in [1.29, 1.82) is 0 Å². The number of carbonyl (C=O) groups excluding carboxylic acids is 2. The lowest BCUT2D eigenvalue weighted by Gasteiger charge is -2.28. The number of nitrogens with one attached hydrogen (secondary N) is 2. The number of nitrogens with zero attached hydrogens (tertiary/aromatic N) is 2. The van der Waals surface area contributed by atoms with Gasteiger partial charge in [0, 0.05) is 25.7 Å². The van der Waals surface area contributed by atoms with Gasteiger partial charge in [-0.05, 0) is 49.4 Å². The summed E-state index contributed by atoms with van der Waals surface area (Å²) in [4.78, 5) is 39.1. The highest BCUT2D eigenvalue weighted by Gasteiger charge is 2.46. The number of rotatable bonds is 6. The van der Waals surface area contributed by atoms with Crippen molar-refractivity contribution in [1.82, 2.24) is 20.4 Å². The molecule has 3 aromatic rings. The summed E-state index contributed by atoms with van der Waals surface area (Å²) in [6, 6.07) is 19.3. The van der Waals surface area contributed by atoms with Crippen LogP contribution in [0, 0.1) is 12.3 Å². The number of carbonyl (C=O) groups is 2. The third-order valence-corrected chi connectivity index (χ3v) is 6.21. The third-order valence-electron chi connectivity index (χ3n) is 6.21. The summed E-state index contributed by atoms with van der Waals surface area (Å²) in [7, 11) is 0. The molecule has 2 amide bonds. The molecule has 170 valence electrons. The molecule has 0 radical (unpaired) electrons. The highest BCUT2D eigenvalue weighted by Crippen LogP contribution is 2.36. The van der Waals surface area contributed by atoms with Gasteiger partial charge < -0.3 is 10.2 Å². The predicted octanol–water partition coefficient (Wildman–Crippen LogP) is 2.96. The van der Waals surface area contributed by atoms with Gasteiger partial charge in [-0.3, -0.25) is 14.4 Å². The molecule has 1 aromatic heterocycles. The van der Waals surface area contributed by atoms with E-state index in [0.717, 1.165) is 16.7 Å². The number of benzene rings is 2. The van der Waals surface area contributed by atoms with Crippen LogP contribution in [-0.4, -0.2) is 46.5 Å². The van der Waals surface area contributed by atoms with Gasteiger partial charge >= 0.3 is 0 Å². The number of aromatic amines is 1. The zero-order chi connectivity index (χ0) is 23.4. The van der Waals surface area contributed by atoms with Crippen LogP contribution in [-0.2, 0) is 11.2 Å². The number of aromatic nitrogens is 2. The Morgan fingerprint density at radius 3 is 2.58 bits per heavy atom. The van der Waals surface area contributed by atoms with Gasteiger partial charge in [-0.2, -0.15) is 5.10 Å². The van der Waals surface area contributed by atoms with Crippen LogP contribution < -0.4 is 10.9 Å². The van der Waals surface area contributed by atoms with Crippen molar-refractivity contribution in [2.24, 2.45) is 5.41 Å². The van der Waals surface area contributed by atoms with Crippen LogP contribution >= 0.6 is 0 Å². The minimum Gasteiger partial charge on any atom is -0.356 e. The van der Waals surface area contributed by atoms with Crippen LogP contribution in [0.1, 0.15) is 35.0 Å². The number of hydrogen-bond acceptors (Lipinski definition) is 4. The molecule has 7 nitrogen and oxygen atoms in total. The molecule has 1 aliphatic heterocycles. The molecule has 2 N–H and O–H groups in total. The summed E-state index contributed by atoms with van der Waals surface area (Å²) >= 11 is 0. The Bertz CT molecular complexity index is 1200. The molecule has 7 heteroatoms. The number of H-pyrrole nitrogens is 1. The van der Waals surface area contributed by atoms with Gasteiger partial charge in [0.05, 0.1) is 5.41 Å². The third kappa shape index (κ3) is 4.87. The molecule has 1 saturated heterocycles. The van der Waals surface area contributed by atoms with E-state index in [-0.39, 0.29) is 23.1 Å². The fourth-order valence-corrected chi connectivity index (χ4v) is 4.43. The molecule has 0 aliphatic carbocycles. The van der Waals surface area contributed by atoms with Gasteiger partial charge in [-0.15, -0.1) is 0 Å². The molecule has 0 unspecified atom stereocenters. The minimum atomic E-state index is -0.722. The highest BCUT2D eigenvalue weighted by atomic mass is 16.2. The molecule has 1 atom stereocenters. The van der Waals surface area contributed by atoms with E-state index in [1.54, 1.807) is 4.90 Å². The van der Waals surface area contributed by atoms with Gasteiger partial charge in [-0.1, -0.05) is 54.1 Å². The molecule has 0 saturated carbocycles. The maximum Gasteiger partial charge on any atom is 0.274 e. The first kappa shape index (κ1) is 22.5. The van der Waals surface area contributed by atoms with E-state index in [4.69, 9.17) is 0 Å². The number of likely N-dealkylation sites (tertiary alicyclic amines) is 1. The summed E-state index contributed by atoms with van der Waals surface area (Å²) in [5.41, 5.74) is 3.57. The Labute approximate surface area is 192 Å². The quantitative estimate of drug-likeness (QED) is 0.611. The summed E-state index contributed by atoms with van der Waals surface area (Å²) in [5, 5.41) is 9.13. The summed E-state index contributed by atoms with van der Waals surface area (Å²) in [6.07, 6.45) is 1.09. The second kappa shape index (κ2) is 9.40. The van der Waals surface area contributed by atoms with E-state index in [1.807, 2.05) is 19.1 Å². The Kier molecular flexibility index (Phi) is 6.40. The fourth-order valence-electron chi connectivity index (χ4n) is 4.43. The molecule has 2 heterocycles. The van der Waals surface area contributed by atoms with E-state index >= 15 is 0 Å². The SMILES string of the molecule is CCNC(=O)[C@@]1(Cc2cccc(-c3ccc(C)cc3)c2)CCN(C(=O)c2ccc(=O)[nH]n2)C1. The molecule has 1 fully saturated rings. The summed E-state index contributed by atoms with van der Waals surface area (Å²) < 4.78 is 0. The number of amides is 2. The molecule has 1 aliphatic rings. The van der Waals surface area contributed by atoms with Gasteiger partial charge in [-0.25, -0.2) is 5.10 Å². The molecule has 4 rings (SSSR count). The van der Waals surface area contributed by atoms with Crippen LogP contribution in [0.3, 0.4) is 0 Å². The lowest BCUT2D eigenvalue weighted by molar-refractivity contribution is -0.130. The normalized spacial score (nSPS) is 17.7. The average molecular weight is 445 g/mol. The average Bonchev–Trinajstić information content (AvgIpc) is 3.25. The van der Waals surface area contributed by atoms with Crippen molar-refractivity contribution in [2.75, 3.05) is 19.6 Å². The zero-order valence-corrected chi connectivity index (χ0v) is 18.9. The van der Waals surface area contributed by atoms with Crippen LogP contribution in [0.4, 0.5) is 0 Å². The lowest BCUT2D eigenvalue weighted by atomic mass is 9.79. The minimum absolute atomic E-state index is 0.0459. The predicted molar refractivity (Wildman–Crippen MR) is 127 cm³/mol. The first-order valence-electron chi connectivity index (χ1n) is 11.2. The Hall–Kier alpha value is -3.74. The van der Waals surface area contributed by atoms with Gasteiger partial charge in [0.1, 0.15) is 5.69 Å². The van der Waals surface area contributed by atoms with Gasteiger partial charge in [0.25, 0.3) is 11.5 Å². The van der Waals surface area contributed by atoms with Crippen molar-refractivity contribution >= 4 is 11.8 Å². The molecule has 2 aromatic carbocycles. The van der Waals surface area contributed by atoms with E-state index in [1.165, 1.54) is 17.7 Å². The molecule has 33 heavy (non-hydrogen) atoms. The first-order chi connectivity index (χ1) is 15.9. The summed E-state index contributed by atoms with van der Waals surface area (Å²) in [5.74, 6) is -0.332. The number of hydrogen-bond donors (Lipinski definition) is 2. The second-order valence-electron chi connectivity index (χ2n) is 8.67. The van der Waals surface area contributed by atoms with Gasteiger partial charge in [0.2, 0.25) is 5.91 Å². The molecular formula is C26H28N4O3. The first-order valence-corrected chi connectivity index (χ1v) is 11.2. The smallest absolute Gasteiger partial charge is 0.274 e. The van der Waals surface area contributed by atoms with Crippen molar-refractivity contribution in [2.45, 2.75) is 26.7 Å². The fraction of sp³-hybridized carbons (Fsp3) is 0.308. The van der Waals surface area contributed by atoms with Crippen LogP contribution in [0.2, 0.25) is 0 Å². The van der Waals surface area contributed by atoms with Gasteiger partial charge in [0.15, 0.2) is 0 Å². The highest BCUT2D eigenvalue weighted by molar-refractivity contribution is 5.93. The van der Waals surface area contributed by atoms with Crippen molar-refractivity contribution in [3.05, 3.63) is 87.8 Å². The topological polar surface area (TPSA) is 95.2 Å². The molecular weight excluding hydrogens is 416 g/mol. The molecule has 0 spiro atoms. The maximum atomic E-state index is 13.2. The summed E-state index contributed by atoms with van der Waals surface area (Å²) in [6.45, 7) is 5.23. The van der Waals surface area contributed by atoms with Crippen LogP contribution in [0.25, 0.3) is 11.1 Å². The van der Waals surface area contributed by atoms with Crippen LogP contribution in [0.15, 0.2) is 65.5 Å². The second-order valence-corrected chi connectivity index (χ2v) is 8.67. The van der Waals surface area contributed by atoms with Crippen molar-refractivity contribution in [3.8, 4) is 11.1 Å². The largest absolute Gasteiger partial charge is 0.356 e. The maximum absolute atomic E-state index is 13.2. The Morgan fingerprint density at radius 1 is 1.09 bits per heavy atom. The molecule has 0 bridgehead atoms. The van der Waals surface area contributed by atoms with Crippen molar-refractivity contribution < 1.29 is 9.59 Å².